The van der Waals surface area contributed by atoms with Gasteiger partial charge in [-0.15, -0.1) is 0 Å². The van der Waals surface area contributed by atoms with Gasteiger partial charge in [0.15, 0.2) is 0 Å². The van der Waals surface area contributed by atoms with Gasteiger partial charge in [0.2, 0.25) is 0 Å². The maximum atomic E-state index is 13.5. The summed E-state index contributed by atoms with van der Waals surface area (Å²) < 4.78 is 13.5. The predicted octanol–water partition coefficient (Wildman–Crippen LogP) is 3.73. The van der Waals surface area contributed by atoms with Crippen molar-refractivity contribution in [3.05, 3.63) is 34.8 Å². The monoisotopic (exact) mass is 232 g/mol. The highest BCUT2D eigenvalue weighted by molar-refractivity contribution is 5.95. The standard InChI is InChI=1S/C14H17FN2/c1-5-16-14-9(3)10(4)17-13-8(2)6-11(15)7-12(13)14/h6-7H,5H2,1-4H3,(H,16,17). The molecular weight excluding hydrogens is 215 g/mol. The van der Waals surface area contributed by atoms with Crippen molar-refractivity contribution in [2.45, 2.75) is 27.7 Å². The Balaban J connectivity index is 2.87. The summed E-state index contributed by atoms with van der Waals surface area (Å²) in [6.45, 7) is 8.74. The second-order valence-electron chi connectivity index (χ2n) is 4.35. The van der Waals surface area contributed by atoms with E-state index in [0.29, 0.717) is 0 Å². The lowest BCUT2D eigenvalue weighted by Gasteiger charge is -2.14. The van der Waals surface area contributed by atoms with Crippen LogP contribution < -0.4 is 5.32 Å². The molecule has 2 rings (SSSR count). The maximum Gasteiger partial charge on any atom is 0.124 e. The van der Waals surface area contributed by atoms with Gasteiger partial charge in [-0.25, -0.2) is 4.39 Å². The molecule has 1 N–H and O–H groups in total. The molecule has 0 saturated carbocycles. The summed E-state index contributed by atoms with van der Waals surface area (Å²) in [7, 11) is 0. The highest BCUT2D eigenvalue weighted by Gasteiger charge is 2.11. The zero-order valence-electron chi connectivity index (χ0n) is 10.7. The van der Waals surface area contributed by atoms with E-state index in [1.54, 1.807) is 6.07 Å². The molecule has 2 aromatic rings. The lowest BCUT2D eigenvalue weighted by atomic mass is 10.0. The number of pyridine rings is 1. The summed E-state index contributed by atoms with van der Waals surface area (Å²) in [5.74, 6) is -0.209. The molecule has 0 atom stereocenters. The lowest BCUT2D eigenvalue weighted by molar-refractivity contribution is 0.628. The van der Waals surface area contributed by atoms with Crippen LogP contribution in [0.2, 0.25) is 0 Å². The van der Waals surface area contributed by atoms with Gasteiger partial charge in [0, 0.05) is 23.3 Å². The number of aryl methyl sites for hydroxylation is 2. The fraction of sp³-hybridized carbons (Fsp3) is 0.357. The Morgan fingerprint density at radius 2 is 1.94 bits per heavy atom. The molecule has 1 aromatic carbocycles. The van der Waals surface area contributed by atoms with E-state index in [2.05, 4.69) is 10.3 Å². The first-order valence-corrected chi connectivity index (χ1v) is 5.85. The molecule has 0 radical (unpaired) electrons. The molecule has 0 spiro atoms. The molecule has 0 bridgehead atoms. The van der Waals surface area contributed by atoms with E-state index in [1.165, 1.54) is 6.07 Å². The fourth-order valence-electron chi connectivity index (χ4n) is 2.11. The summed E-state index contributed by atoms with van der Waals surface area (Å²) in [6, 6.07) is 3.08. The van der Waals surface area contributed by atoms with Crippen LogP contribution >= 0.6 is 0 Å². The molecule has 0 aliphatic heterocycles. The summed E-state index contributed by atoms with van der Waals surface area (Å²) in [5, 5.41) is 4.18. The van der Waals surface area contributed by atoms with E-state index < -0.39 is 0 Å². The second-order valence-corrected chi connectivity index (χ2v) is 4.35. The van der Waals surface area contributed by atoms with Crippen molar-refractivity contribution in [1.29, 1.82) is 0 Å². The van der Waals surface area contributed by atoms with Gasteiger partial charge in [0.25, 0.3) is 0 Å². The Kier molecular flexibility index (Phi) is 3.01. The molecule has 1 aromatic heterocycles. The molecule has 90 valence electrons. The van der Waals surface area contributed by atoms with Gasteiger partial charge in [-0.1, -0.05) is 0 Å². The van der Waals surface area contributed by atoms with Crippen LogP contribution in [0.3, 0.4) is 0 Å². The average Bonchev–Trinajstić information content (AvgIpc) is 2.26. The van der Waals surface area contributed by atoms with Crippen LogP contribution in [0.5, 0.6) is 0 Å². The molecule has 0 saturated heterocycles. The van der Waals surface area contributed by atoms with Crippen LogP contribution in [-0.4, -0.2) is 11.5 Å². The number of nitrogens with one attached hydrogen (secondary N) is 1. The molecule has 0 aliphatic carbocycles. The third kappa shape index (κ3) is 1.97. The van der Waals surface area contributed by atoms with Gasteiger partial charge in [0.05, 0.1) is 5.52 Å². The number of aromatic nitrogens is 1. The number of halogens is 1. The molecule has 0 unspecified atom stereocenters. The first-order chi connectivity index (χ1) is 8.04. The molecular formula is C14H17FN2. The van der Waals surface area contributed by atoms with Crippen LogP contribution in [0.25, 0.3) is 10.9 Å². The van der Waals surface area contributed by atoms with Crippen molar-refractivity contribution in [2.75, 3.05) is 11.9 Å². The van der Waals surface area contributed by atoms with Crippen LogP contribution in [0.15, 0.2) is 12.1 Å². The topological polar surface area (TPSA) is 24.9 Å². The van der Waals surface area contributed by atoms with Crippen molar-refractivity contribution in [1.82, 2.24) is 4.98 Å². The van der Waals surface area contributed by atoms with E-state index in [1.807, 2.05) is 27.7 Å². The van der Waals surface area contributed by atoms with E-state index in [-0.39, 0.29) is 5.82 Å². The zero-order valence-corrected chi connectivity index (χ0v) is 10.7. The lowest BCUT2D eigenvalue weighted by Crippen LogP contribution is -2.04. The Morgan fingerprint density at radius 1 is 1.24 bits per heavy atom. The maximum absolute atomic E-state index is 13.5. The first-order valence-electron chi connectivity index (χ1n) is 5.85. The first kappa shape index (κ1) is 11.8. The number of nitrogens with zero attached hydrogens (tertiary/aromatic N) is 1. The summed E-state index contributed by atoms with van der Waals surface area (Å²) in [5.41, 5.74) is 4.83. The van der Waals surface area contributed by atoms with E-state index in [4.69, 9.17) is 0 Å². The smallest absolute Gasteiger partial charge is 0.124 e. The molecule has 1 heterocycles. The summed E-state index contributed by atoms with van der Waals surface area (Å²) in [6.07, 6.45) is 0. The minimum absolute atomic E-state index is 0.209. The Morgan fingerprint density at radius 3 is 2.59 bits per heavy atom. The van der Waals surface area contributed by atoms with E-state index >= 15 is 0 Å². The zero-order chi connectivity index (χ0) is 12.6. The van der Waals surface area contributed by atoms with Crippen molar-refractivity contribution in [3.8, 4) is 0 Å². The summed E-state index contributed by atoms with van der Waals surface area (Å²) in [4.78, 5) is 4.55. The third-order valence-electron chi connectivity index (χ3n) is 3.09. The number of rotatable bonds is 2. The quantitative estimate of drug-likeness (QED) is 0.853. The van der Waals surface area contributed by atoms with E-state index in [9.17, 15) is 4.39 Å². The third-order valence-corrected chi connectivity index (χ3v) is 3.09. The van der Waals surface area contributed by atoms with Gasteiger partial charge < -0.3 is 5.32 Å². The van der Waals surface area contributed by atoms with Crippen molar-refractivity contribution in [2.24, 2.45) is 0 Å². The Hall–Kier alpha value is -1.64. The molecule has 0 amide bonds. The average molecular weight is 232 g/mol. The van der Waals surface area contributed by atoms with Gasteiger partial charge >= 0.3 is 0 Å². The molecule has 2 nitrogen and oxygen atoms in total. The van der Waals surface area contributed by atoms with Crippen LogP contribution in [0.4, 0.5) is 10.1 Å². The minimum Gasteiger partial charge on any atom is -0.385 e. The fourth-order valence-corrected chi connectivity index (χ4v) is 2.11. The van der Waals surface area contributed by atoms with Crippen LogP contribution in [0, 0.1) is 26.6 Å². The van der Waals surface area contributed by atoms with Crippen LogP contribution in [-0.2, 0) is 0 Å². The number of hydrogen-bond acceptors (Lipinski definition) is 2. The van der Waals surface area contributed by atoms with Gasteiger partial charge in [0.1, 0.15) is 5.82 Å². The molecule has 0 aliphatic rings. The predicted molar refractivity (Wildman–Crippen MR) is 70.1 cm³/mol. The Bertz CT molecular complexity index is 576. The second kappa shape index (κ2) is 4.32. The Labute approximate surface area is 101 Å². The van der Waals surface area contributed by atoms with Gasteiger partial charge in [-0.3, -0.25) is 4.98 Å². The number of fused-ring (bicyclic) bond motifs is 1. The normalized spacial score (nSPS) is 10.9. The molecule has 0 fully saturated rings. The number of hydrogen-bond donors (Lipinski definition) is 1. The number of anilines is 1. The SMILES string of the molecule is CCNc1c(C)c(C)nc2c(C)cc(F)cc12. The van der Waals surface area contributed by atoms with Crippen molar-refractivity contribution < 1.29 is 4.39 Å². The highest BCUT2D eigenvalue weighted by Crippen LogP contribution is 2.30. The van der Waals surface area contributed by atoms with E-state index in [0.717, 1.165) is 40.0 Å². The van der Waals surface area contributed by atoms with Crippen molar-refractivity contribution in [3.63, 3.8) is 0 Å². The highest BCUT2D eigenvalue weighted by atomic mass is 19.1. The van der Waals surface area contributed by atoms with Gasteiger partial charge in [-0.05, 0) is 51.0 Å². The summed E-state index contributed by atoms with van der Waals surface area (Å²) >= 11 is 0. The van der Waals surface area contributed by atoms with Crippen molar-refractivity contribution >= 4 is 16.6 Å². The van der Waals surface area contributed by atoms with Gasteiger partial charge in [-0.2, -0.15) is 0 Å². The minimum atomic E-state index is -0.209. The number of benzene rings is 1. The largest absolute Gasteiger partial charge is 0.385 e. The van der Waals surface area contributed by atoms with Crippen LogP contribution in [0.1, 0.15) is 23.7 Å². The molecule has 3 heteroatoms. The molecule has 17 heavy (non-hydrogen) atoms.